The summed E-state index contributed by atoms with van der Waals surface area (Å²) in [6, 6.07) is 9.53. The number of unbranched alkanes of at least 4 members (excludes halogenated alkanes) is 1. The van der Waals surface area contributed by atoms with Gasteiger partial charge in [-0.05, 0) is 25.0 Å². The topological polar surface area (TPSA) is 73.8 Å². The lowest BCUT2D eigenvalue weighted by Gasteiger charge is -2.09. The molecule has 0 aliphatic rings. The van der Waals surface area contributed by atoms with Crippen LogP contribution in [0.4, 0.5) is 5.82 Å². The van der Waals surface area contributed by atoms with Crippen LogP contribution in [0.3, 0.4) is 0 Å². The first kappa shape index (κ1) is 18.9. The lowest BCUT2D eigenvalue weighted by atomic mass is 10.3. The van der Waals surface area contributed by atoms with Gasteiger partial charge in [-0.3, -0.25) is 13.9 Å². The maximum atomic E-state index is 12.8. The van der Waals surface area contributed by atoms with Crippen molar-refractivity contribution in [1.82, 2.24) is 18.9 Å². The molecule has 7 nitrogen and oxygen atoms in total. The highest BCUT2D eigenvalue weighted by Gasteiger charge is 2.14. The average molecular weight is 369 g/mol. The number of benzene rings is 1. The predicted octanol–water partition coefficient (Wildman–Crippen LogP) is 3.24. The van der Waals surface area contributed by atoms with E-state index in [1.807, 2.05) is 31.2 Å². The van der Waals surface area contributed by atoms with Crippen LogP contribution in [-0.2, 0) is 24.4 Å². The van der Waals surface area contributed by atoms with Gasteiger partial charge in [0.1, 0.15) is 5.82 Å². The van der Waals surface area contributed by atoms with Gasteiger partial charge in [-0.2, -0.15) is 5.10 Å². The number of anilines is 1. The number of carbonyl (C=O) groups is 1. The Bertz CT molecular complexity index is 966. The number of carbonyl (C=O) groups excluding carboxylic acids is 1. The molecule has 144 valence electrons. The summed E-state index contributed by atoms with van der Waals surface area (Å²) in [4.78, 5) is 25.2. The molecule has 0 radical (unpaired) electrons. The molecule has 0 unspecified atom stereocenters. The van der Waals surface area contributed by atoms with Crippen LogP contribution in [0.5, 0.6) is 0 Å². The number of hydrogen-bond acceptors (Lipinski definition) is 3. The molecular formula is C20H27N5O2. The number of nitrogens with one attached hydrogen (secondary N) is 1. The van der Waals surface area contributed by atoms with Crippen molar-refractivity contribution in [3.8, 4) is 0 Å². The van der Waals surface area contributed by atoms with Crippen molar-refractivity contribution in [3.05, 3.63) is 47.0 Å². The van der Waals surface area contributed by atoms with E-state index in [4.69, 9.17) is 0 Å². The van der Waals surface area contributed by atoms with Gasteiger partial charge in [-0.25, -0.2) is 9.48 Å². The fraction of sp³-hybridized carbons (Fsp3) is 0.450. The van der Waals surface area contributed by atoms with E-state index < -0.39 is 0 Å². The zero-order valence-electron chi connectivity index (χ0n) is 16.0. The Balaban J connectivity index is 1.72. The van der Waals surface area contributed by atoms with Crippen LogP contribution in [-0.4, -0.2) is 24.8 Å². The predicted molar refractivity (Wildman–Crippen MR) is 107 cm³/mol. The van der Waals surface area contributed by atoms with E-state index in [1.54, 1.807) is 26.1 Å². The van der Waals surface area contributed by atoms with Crippen molar-refractivity contribution in [2.75, 3.05) is 5.32 Å². The number of amides is 1. The van der Waals surface area contributed by atoms with Gasteiger partial charge in [0.25, 0.3) is 0 Å². The van der Waals surface area contributed by atoms with Gasteiger partial charge in [0.05, 0.1) is 17.2 Å². The van der Waals surface area contributed by atoms with Crippen LogP contribution in [0.2, 0.25) is 0 Å². The van der Waals surface area contributed by atoms with Crippen LogP contribution in [0.1, 0.15) is 39.5 Å². The summed E-state index contributed by atoms with van der Waals surface area (Å²) in [6.07, 6.45) is 4.89. The van der Waals surface area contributed by atoms with Crippen molar-refractivity contribution in [3.63, 3.8) is 0 Å². The quantitative estimate of drug-likeness (QED) is 0.629. The molecule has 0 spiro atoms. The number of imidazole rings is 1. The van der Waals surface area contributed by atoms with E-state index in [9.17, 15) is 9.59 Å². The number of nitrogens with zero attached hydrogens (tertiary/aromatic N) is 4. The van der Waals surface area contributed by atoms with E-state index in [0.717, 1.165) is 36.8 Å². The first-order valence-electron chi connectivity index (χ1n) is 9.65. The zero-order valence-corrected chi connectivity index (χ0v) is 16.0. The molecule has 1 N–H and O–H groups in total. The largest absolute Gasteiger partial charge is 0.329 e. The van der Waals surface area contributed by atoms with Crippen LogP contribution >= 0.6 is 0 Å². The van der Waals surface area contributed by atoms with Gasteiger partial charge < -0.3 is 5.32 Å². The standard InChI is InChI=1S/C20H27N5O2/c1-3-5-14-25-18(10-12-21-25)22-19(26)11-15-24-17-9-7-6-8-16(17)23(13-4-2)20(24)27/h6-10,12H,3-5,11,13-15H2,1-2H3,(H,22,26). The molecule has 27 heavy (non-hydrogen) atoms. The van der Waals surface area contributed by atoms with Gasteiger partial charge >= 0.3 is 5.69 Å². The van der Waals surface area contributed by atoms with Crippen LogP contribution in [0.15, 0.2) is 41.3 Å². The molecule has 2 heterocycles. The lowest BCUT2D eigenvalue weighted by Crippen LogP contribution is -2.26. The smallest absolute Gasteiger partial charge is 0.311 e. The monoisotopic (exact) mass is 369 g/mol. The molecule has 3 aromatic rings. The molecule has 0 atom stereocenters. The normalized spacial score (nSPS) is 11.2. The highest BCUT2D eigenvalue weighted by molar-refractivity contribution is 5.89. The van der Waals surface area contributed by atoms with E-state index in [-0.39, 0.29) is 18.0 Å². The summed E-state index contributed by atoms with van der Waals surface area (Å²) in [5.41, 5.74) is 1.73. The van der Waals surface area contributed by atoms with Crippen molar-refractivity contribution in [2.24, 2.45) is 0 Å². The molecule has 3 rings (SSSR count). The SMILES string of the molecule is CCCCn1nccc1NC(=O)CCn1c(=O)n(CCC)c2ccccc21. The Labute approximate surface area is 158 Å². The molecule has 0 aliphatic heterocycles. The summed E-state index contributed by atoms with van der Waals surface area (Å²) in [6.45, 7) is 5.98. The maximum Gasteiger partial charge on any atom is 0.329 e. The molecule has 0 fully saturated rings. The molecule has 0 aliphatic carbocycles. The Morgan fingerprint density at radius 2 is 1.70 bits per heavy atom. The molecule has 7 heteroatoms. The van der Waals surface area contributed by atoms with E-state index in [1.165, 1.54) is 0 Å². The second-order valence-electron chi connectivity index (χ2n) is 6.67. The number of hydrogen-bond donors (Lipinski definition) is 1. The second kappa shape index (κ2) is 8.70. The summed E-state index contributed by atoms with van der Waals surface area (Å²) in [5.74, 6) is 0.585. The highest BCUT2D eigenvalue weighted by atomic mass is 16.2. The van der Waals surface area contributed by atoms with E-state index in [2.05, 4.69) is 17.3 Å². The first-order chi connectivity index (χ1) is 13.2. The minimum absolute atomic E-state index is 0.0566. The molecule has 1 aromatic carbocycles. The Morgan fingerprint density at radius 3 is 2.37 bits per heavy atom. The maximum absolute atomic E-state index is 12.8. The van der Waals surface area contributed by atoms with Gasteiger partial charge in [-0.1, -0.05) is 32.4 Å². The fourth-order valence-electron chi connectivity index (χ4n) is 3.27. The summed E-state index contributed by atoms with van der Waals surface area (Å²) in [5, 5.41) is 7.16. The fourth-order valence-corrected chi connectivity index (χ4v) is 3.27. The van der Waals surface area contributed by atoms with E-state index >= 15 is 0 Å². The molecule has 0 bridgehead atoms. The minimum Gasteiger partial charge on any atom is -0.311 e. The molecular weight excluding hydrogens is 342 g/mol. The van der Waals surface area contributed by atoms with Crippen LogP contribution < -0.4 is 11.0 Å². The number of para-hydroxylation sites is 2. The lowest BCUT2D eigenvalue weighted by molar-refractivity contribution is -0.116. The number of aromatic nitrogens is 4. The van der Waals surface area contributed by atoms with Crippen molar-refractivity contribution < 1.29 is 4.79 Å². The Morgan fingerprint density at radius 1 is 1.00 bits per heavy atom. The number of rotatable bonds is 9. The third-order valence-electron chi connectivity index (χ3n) is 4.64. The highest BCUT2D eigenvalue weighted by Crippen LogP contribution is 2.14. The molecule has 0 saturated heterocycles. The zero-order chi connectivity index (χ0) is 19.2. The minimum atomic E-state index is -0.118. The third kappa shape index (κ3) is 4.13. The van der Waals surface area contributed by atoms with Crippen molar-refractivity contribution >= 4 is 22.8 Å². The third-order valence-corrected chi connectivity index (χ3v) is 4.64. The number of fused-ring (bicyclic) bond motifs is 1. The van der Waals surface area contributed by atoms with Crippen molar-refractivity contribution in [1.29, 1.82) is 0 Å². The van der Waals surface area contributed by atoms with Gasteiger partial charge in [-0.15, -0.1) is 0 Å². The van der Waals surface area contributed by atoms with Gasteiger partial charge in [0.2, 0.25) is 5.91 Å². The van der Waals surface area contributed by atoms with E-state index in [0.29, 0.717) is 18.9 Å². The second-order valence-corrected chi connectivity index (χ2v) is 6.67. The summed E-state index contributed by atoms with van der Waals surface area (Å²) >= 11 is 0. The Kier molecular flexibility index (Phi) is 6.11. The van der Waals surface area contributed by atoms with Crippen LogP contribution in [0.25, 0.3) is 11.0 Å². The molecule has 1 amide bonds. The van der Waals surface area contributed by atoms with Crippen molar-refractivity contribution in [2.45, 2.75) is 59.2 Å². The molecule has 0 saturated carbocycles. The van der Waals surface area contributed by atoms with Gasteiger partial charge in [0, 0.05) is 32.1 Å². The molecule has 2 aromatic heterocycles. The summed E-state index contributed by atoms with van der Waals surface area (Å²) < 4.78 is 5.28. The number of aryl methyl sites for hydroxylation is 3. The Hall–Kier alpha value is -2.83. The summed E-state index contributed by atoms with van der Waals surface area (Å²) in [7, 11) is 0. The first-order valence-corrected chi connectivity index (χ1v) is 9.65. The van der Waals surface area contributed by atoms with Crippen LogP contribution in [0, 0.1) is 0 Å². The van der Waals surface area contributed by atoms with Gasteiger partial charge in [0.15, 0.2) is 0 Å². The average Bonchev–Trinajstić information content (AvgIpc) is 3.21.